The molecule has 0 saturated heterocycles. The maximum absolute atomic E-state index is 12.7. The molecule has 2 aromatic carbocycles. The first kappa shape index (κ1) is 20.8. The number of rotatable bonds is 5. The third kappa shape index (κ3) is 4.38. The number of amides is 1. The highest BCUT2D eigenvalue weighted by Crippen LogP contribution is 2.21. The zero-order chi connectivity index (χ0) is 21.3. The molecular formula is C21H24N4O3S. The highest BCUT2D eigenvalue weighted by atomic mass is 32.2. The monoisotopic (exact) mass is 412 g/mol. The lowest BCUT2D eigenvalue weighted by atomic mass is 10.1. The van der Waals surface area contributed by atoms with Crippen molar-refractivity contribution in [3.05, 3.63) is 70.9 Å². The summed E-state index contributed by atoms with van der Waals surface area (Å²) < 4.78 is 27.2. The molecule has 0 radical (unpaired) electrons. The fourth-order valence-corrected chi connectivity index (χ4v) is 3.94. The lowest BCUT2D eigenvalue weighted by molar-refractivity contribution is 0.102. The van der Waals surface area contributed by atoms with E-state index in [-0.39, 0.29) is 10.8 Å². The molecule has 1 aromatic heterocycles. The molecule has 0 spiro atoms. The van der Waals surface area contributed by atoms with Gasteiger partial charge >= 0.3 is 0 Å². The first-order valence-electron chi connectivity index (χ1n) is 9.07. The van der Waals surface area contributed by atoms with Crippen molar-refractivity contribution in [1.82, 2.24) is 14.1 Å². The summed E-state index contributed by atoms with van der Waals surface area (Å²) in [5.41, 5.74) is 4.19. The van der Waals surface area contributed by atoms with E-state index in [1.165, 1.54) is 38.4 Å². The van der Waals surface area contributed by atoms with Crippen LogP contribution in [0.25, 0.3) is 5.69 Å². The van der Waals surface area contributed by atoms with E-state index in [9.17, 15) is 13.2 Å². The summed E-state index contributed by atoms with van der Waals surface area (Å²) >= 11 is 0. The molecule has 0 fully saturated rings. The van der Waals surface area contributed by atoms with E-state index >= 15 is 0 Å². The van der Waals surface area contributed by atoms with Crippen molar-refractivity contribution < 1.29 is 13.2 Å². The number of nitrogens with zero attached hydrogens (tertiary/aromatic N) is 3. The highest BCUT2D eigenvalue weighted by molar-refractivity contribution is 7.89. The van der Waals surface area contributed by atoms with Gasteiger partial charge in [-0.3, -0.25) is 4.79 Å². The first-order chi connectivity index (χ1) is 13.6. The minimum absolute atomic E-state index is 0.134. The zero-order valence-electron chi connectivity index (χ0n) is 17.1. The van der Waals surface area contributed by atoms with Gasteiger partial charge in [0.2, 0.25) is 10.0 Å². The van der Waals surface area contributed by atoms with Crippen LogP contribution in [0.1, 0.15) is 27.2 Å². The molecule has 0 atom stereocenters. The highest BCUT2D eigenvalue weighted by Gasteiger charge is 2.18. The van der Waals surface area contributed by atoms with Gasteiger partial charge in [-0.2, -0.15) is 5.10 Å². The summed E-state index contributed by atoms with van der Waals surface area (Å²) in [6.07, 6.45) is 0. The molecule has 3 rings (SSSR count). The van der Waals surface area contributed by atoms with Crippen LogP contribution in [0, 0.1) is 20.8 Å². The lowest BCUT2D eigenvalue weighted by Crippen LogP contribution is -2.22. The van der Waals surface area contributed by atoms with Crippen LogP contribution in [0.5, 0.6) is 0 Å². The molecule has 0 aliphatic heterocycles. The largest absolute Gasteiger partial charge is 0.306 e. The fraction of sp³-hybridized carbons (Fsp3) is 0.238. The Labute approximate surface area is 171 Å². The Morgan fingerprint density at radius 2 is 1.55 bits per heavy atom. The summed E-state index contributed by atoms with van der Waals surface area (Å²) in [4.78, 5) is 12.9. The number of hydrogen-bond donors (Lipinski definition) is 1. The summed E-state index contributed by atoms with van der Waals surface area (Å²) in [7, 11) is -0.609. The van der Waals surface area contributed by atoms with Gasteiger partial charge in [0, 0.05) is 25.7 Å². The Kier molecular flexibility index (Phi) is 5.59. The van der Waals surface area contributed by atoms with Crippen LogP contribution in [-0.2, 0) is 10.0 Å². The van der Waals surface area contributed by atoms with Gasteiger partial charge < -0.3 is 5.32 Å². The van der Waals surface area contributed by atoms with E-state index in [1.54, 1.807) is 10.7 Å². The van der Waals surface area contributed by atoms with E-state index in [1.807, 2.05) is 32.9 Å². The van der Waals surface area contributed by atoms with Crippen LogP contribution in [0.15, 0.2) is 53.4 Å². The van der Waals surface area contributed by atoms with Crippen molar-refractivity contribution in [2.24, 2.45) is 0 Å². The average molecular weight is 413 g/mol. The van der Waals surface area contributed by atoms with Crippen LogP contribution in [0.2, 0.25) is 0 Å². The second-order valence-electron chi connectivity index (χ2n) is 7.19. The van der Waals surface area contributed by atoms with E-state index in [4.69, 9.17) is 0 Å². The van der Waals surface area contributed by atoms with Crippen molar-refractivity contribution in [1.29, 1.82) is 0 Å². The van der Waals surface area contributed by atoms with Crippen molar-refractivity contribution in [2.75, 3.05) is 19.4 Å². The van der Waals surface area contributed by atoms with Gasteiger partial charge in [-0.1, -0.05) is 6.07 Å². The number of sulfonamides is 1. The molecule has 0 bridgehead atoms. The maximum Gasteiger partial charge on any atom is 0.256 e. The Bertz CT molecular complexity index is 1140. The summed E-state index contributed by atoms with van der Waals surface area (Å²) in [5.74, 6) is 0.201. The second kappa shape index (κ2) is 7.81. The zero-order valence-corrected chi connectivity index (χ0v) is 17.9. The average Bonchev–Trinajstić information content (AvgIpc) is 3.01. The second-order valence-corrected chi connectivity index (χ2v) is 9.35. The molecule has 8 heteroatoms. The summed E-state index contributed by atoms with van der Waals surface area (Å²) in [6.45, 7) is 5.87. The number of nitrogens with one attached hydrogen (secondary N) is 1. The predicted octanol–water partition coefficient (Wildman–Crippen LogP) is 3.30. The van der Waals surface area contributed by atoms with E-state index in [0.29, 0.717) is 11.4 Å². The fourth-order valence-electron chi connectivity index (χ4n) is 3.04. The molecular weight excluding hydrogens is 388 g/mol. The van der Waals surface area contributed by atoms with Gasteiger partial charge in [-0.25, -0.2) is 17.4 Å². The Balaban J connectivity index is 1.89. The summed E-state index contributed by atoms with van der Waals surface area (Å²) in [5, 5.41) is 7.36. The number of aromatic nitrogens is 2. The van der Waals surface area contributed by atoms with Gasteiger partial charge in [0.15, 0.2) is 0 Å². The topological polar surface area (TPSA) is 84.3 Å². The van der Waals surface area contributed by atoms with Crippen LogP contribution in [0.3, 0.4) is 0 Å². The molecule has 29 heavy (non-hydrogen) atoms. The van der Waals surface area contributed by atoms with Crippen molar-refractivity contribution >= 4 is 21.7 Å². The normalized spacial score (nSPS) is 11.7. The summed E-state index contributed by atoms with van der Waals surface area (Å²) in [6, 6.07) is 13.7. The number of hydrogen-bond acceptors (Lipinski definition) is 4. The lowest BCUT2D eigenvalue weighted by Gasteiger charge is -2.12. The Morgan fingerprint density at radius 1 is 0.966 bits per heavy atom. The van der Waals surface area contributed by atoms with Gasteiger partial charge in [0.25, 0.3) is 5.91 Å². The van der Waals surface area contributed by atoms with Gasteiger partial charge in [-0.05, 0) is 68.3 Å². The Hall–Kier alpha value is -2.97. The van der Waals surface area contributed by atoms with Crippen LogP contribution in [-0.4, -0.2) is 42.5 Å². The van der Waals surface area contributed by atoms with Crippen molar-refractivity contribution in [3.63, 3.8) is 0 Å². The maximum atomic E-state index is 12.7. The number of anilines is 1. The molecule has 0 saturated carbocycles. The minimum atomic E-state index is -3.54. The molecule has 1 heterocycles. The third-order valence-corrected chi connectivity index (χ3v) is 6.25. The van der Waals surface area contributed by atoms with Gasteiger partial charge in [0.05, 0.1) is 16.3 Å². The van der Waals surface area contributed by atoms with Gasteiger partial charge in [-0.15, -0.1) is 0 Å². The van der Waals surface area contributed by atoms with Crippen molar-refractivity contribution in [2.45, 2.75) is 25.7 Å². The molecule has 0 aliphatic rings. The van der Waals surface area contributed by atoms with Gasteiger partial charge in [0.1, 0.15) is 5.82 Å². The molecule has 152 valence electrons. The number of carbonyl (C=O) groups excluding carboxylic acids is 1. The van der Waals surface area contributed by atoms with E-state index in [2.05, 4.69) is 16.5 Å². The number of carbonyl (C=O) groups is 1. The number of benzene rings is 2. The number of aryl methyl sites for hydroxylation is 3. The standard InChI is InChI=1S/C21H24N4O3S/c1-14-10-15(2)12-18(11-14)25-20(13-16(3)23-25)22-21(26)17-6-8-19(9-7-17)29(27,28)24(4)5/h6-13H,1-5H3,(H,22,26). The van der Waals surface area contributed by atoms with Crippen LogP contribution in [0.4, 0.5) is 5.82 Å². The van der Waals surface area contributed by atoms with Crippen LogP contribution >= 0.6 is 0 Å². The predicted molar refractivity (Wildman–Crippen MR) is 113 cm³/mol. The van der Waals surface area contributed by atoms with Crippen LogP contribution < -0.4 is 5.32 Å². The molecule has 7 nitrogen and oxygen atoms in total. The molecule has 1 N–H and O–H groups in total. The molecule has 0 aliphatic carbocycles. The van der Waals surface area contributed by atoms with Crippen molar-refractivity contribution in [3.8, 4) is 5.69 Å². The van der Waals surface area contributed by atoms with E-state index < -0.39 is 10.0 Å². The molecule has 0 unspecified atom stereocenters. The first-order valence-corrected chi connectivity index (χ1v) is 10.5. The van der Waals surface area contributed by atoms with E-state index in [0.717, 1.165) is 26.8 Å². The molecule has 3 aromatic rings. The smallest absolute Gasteiger partial charge is 0.256 e. The minimum Gasteiger partial charge on any atom is -0.306 e. The Morgan fingerprint density at radius 3 is 2.10 bits per heavy atom. The quantitative estimate of drug-likeness (QED) is 0.697. The third-order valence-electron chi connectivity index (χ3n) is 4.42. The SMILES string of the molecule is Cc1cc(C)cc(-n2nc(C)cc2NC(=O)c2ccc(S(=O)(=O)N(C)C)cc2)c1. The molecule has 1 amide bonds.